The maximum atomic E-state index is 12.7. The van der Waals surface area contributed by atoms with Crippen LogP contribution in [0.1, 0.15) is 39.4 Å². The van der Waals surface area contributed by atoms with Gasteiger partial charge in [-0.1, -0.05) is 26.0 Å². The lowest BCUT2D eigenvalue weighted by Crippen LogP contribution is -2.57. The van der Waals surface area contributed by atoms with Crippen LogP contribution in [-0.4, -0.2) is 44.2 Å². The van der Waals surface area contributed by atoms with Gasteiger partial charge in [-0.05, 0) is 32.4 Å². The van der Waals surface area contributed by atoms with E-state index in [2.05, 4.69) is 9.55 Å². The summed E-state index contributed by atoms with van der Waals surface area (Å²) in [5.74, 6) is 1.08. The third-order valence-corrected chi connectivity index (χ3v) is 5.66. The summed E-state index contributed by atoms with van der Waals surface area (Å²) in [6, 6.07) is 8.01. The van der Waals surface area contributed by atoms with Crippen molar-refractivity contribution in [1.82, 2.24) is 14.5 Å². The van der Waals surface area contributed by atoms with Crippen LogP contribution in [0.5, 0.6) is 0 Å². The Bertz CT molecular complexity index is 761. The van der Waals surface area contributed by atoms with E-state index < -0.39 is 5.60 Å². The Kier molecular flexibility index (Phi) is 4.16. The van der Waals surface area contributed by atoms with Gasteiger partial charge in [0, 0.05) is 31.5 Å². The Morgan fingerprint density at radius 2 is 2.00 bits per heavy atom. The van der Waals surface area contributed by atoms with Crippen molar-refractivity contribution in [2.45, 2.75) is 52.7 Å². The number of carbonyl (C=O) groups excluding carboxylic acids is 1. The Morgan fingerprint density at radius 1 is 1.29 bits per heavy atom. The lowest BCUT2D eigenvalue weighted by atomic mass is 9.71. The lowest BCUT2D eigenvalue weighted by molar-refractivity contribution is -0.147. The minimum atomic E-state index is -0.721. The zero-order valence-electron chi connectivity index (χ0n) is 15.0. The highest BCUT2D eigenvalue weighted by Gasteiger charge is 2.44. The molecular formula is C19H27N3O2. The quantitative estimate of drug-likeness (QED) is 0.942. The molecule has 5 nitrogen and oxygen atoms in total. The predicted octanol–water partition coefficient (Wildman–Crippen LogP) is 2.74. The number of benzene rings is 1. The van der Waals surface area contributed by atoms with Crippen LogP contribution in [0.4, 0.5) is 0 Å². The van der Waals surface area contributed by atoms with Crippen LogP contribution in [-0.2, 0) is 11.3 Å². The van der Waals surface area contributed by atoms with Crippen molar-refractivity contribution >= 4 is 16.9 Å². The molecular weight excluding hydrogens is 302 g/mol. The number of aliphatic hydroxyl groups is 1. The van der Waals surface area contributed by atoms with Crippen LogP contribution >= 0.6 is 0 Å². The second-order valence-corrected chi connectivity index (χ2v) is 7.77. The van der Waals surface area contributed by atoms with Crippen molar-refractivity contribution < 1.29 is 9.90 Å². The number of hydrogen-bond acceptors (Lipinski definition) is 3. The van der Waals surface area contributed by atoms with E-state index >= 15 is 0 Å². The van der Waals surface area contributed by atoms with Crippen LogP contribution in [0.15, 0.2) is 24.3 Å². The van der Waals surface area contributed by atoms with Crippen molar-refractivity contribution in [2.24, 2.45) is 5.41 Å². The molecule has 0 unspecified atom stereocenters. The molecule has 1 saturated heterocycles. The smallest absolute Gasteiger partial charge is 0.224 e. The van der Waals surface area contributed by atoms with E-state index in [0.717, 1.165) is 16.9 Å². The average molecular weight is 329 g/mol. The first-order valence-electron chi connectivity index (χ1n) is 8.63. The van der Waals surface area contributed by atoms with Gasteiger partial charge in [0.15, 0.2) is 0 Å². The fourth-order valence-electron chi connectivity index (χ4n) is 3.47. The van der Waals surface area contributed by atoms with Gasteiger partial charge in [0.05, 0.1) is 16.6 Å². The fourth-order valence-corrected chi connectivity index (χ4v) is 3.47. The van der Waals surface area contributed by atoms with Crippen molar-refractivity contribution in [3.63, 3.8) is 0 Å². The summed E-state index contributed by atoms with van der Waals surface area (Å²) in [5, 5.41) is 10.5. The molecule has 2 aromatic rings. The van der Waals surface area contributed by atoms with Crippen molar-refractivity contribution in [3.8, 4) is 0 Å². The van der Waals surface area contributed by atoms with E-state index in [9.17, 15) is 9.90 Å². The average Bonchev–Trinajstić information content (AvgIpc) is 2.83. The molecule has 0 aliphatic carbocycles. The minimum absolute atomic E-state index is 0.149. The Balaban J connectivity index is 1.69. The number of fused-ring (bicyclic) bond motifs is 1. The predicted molar refractivity (Wildman–Crippen MR) is 94.7 cm³/mol. The second-order valence-electron chi connectivity index (χ2n) is 7.77. The molecule has 1 aromatic carbocycles. The van der Waals surface area contributed by atoms with Gasteiger partial charge in [0.25, 0.3) is 0 Å². The molecule has 130 valence electrons. The van der Waals surface area contributed by atoms with Gasteiger partial charge in [0.1, 0.15) is 5.82 Å². The third kappa shape index (κ3) is 2.93. The summed E-state index contributed by atoms with van der Waals surface area (Å²) >= 11 is 0. The molecule has 0 radical (unpaired) electrons. The zero-order valence-corrected chi connectivity index (χ0v) is 15.0. The lowest BCUT2D eigenvalue weighted by Gasteiger charge is -2.48. The summed E-state index contributed by atoms with van der Waals surface area (Å²) in [6.45, 7) is 9.77. The number of carbonyl (C=O) groups is 1. The number of likely N-dealkylation sites (tertiary alicyclic amines) is 1. The highest BCUT2D eigenvalue weighted by Crippen LogP contribution is 2.38. The molecule has 1 N–H and O–H groups in total. The third-order valence-electron chi connectivity index (χ3n) is 5.66. The molecule has 1 amide bonds. The van der Waals surface area contributed by atoms with Crippen molar-refractivity contribution in [2.75, 3.05) is 13.1 Å². The van der Waals surface area contributed by atoms with Gasteiger partial charge in [-0.2, -0.15) is 0 Å². The molecule has 0 saturated carbocycles. The van der Waals surface area contributed by atoms with Gasteiger partial charge in [-0.25, -0.2) is 4.98 Å². The van der Waals surface area contributed by atoms with E-state index in [0.29, 0.717) is 32.5 Å². The van der Waals surface area contributed by atoms with E-state index in [1.165, 1.54) is 0 Å². The summed E-state index contributed by atoms with van der Waals surface area (Å²) in [5.41, 5.74) is 1.03. The number of aryl methyl sites for hydroxylation is 2. The SMILES string of the molecule is Cc1nc2ccccc2n1CCC(=O)N1CC[C@](C)(O)C(C)(C)C1. The van der Waals surface area contributed by atoms with E-state index in [1.807, 2.05) is 56.9 Å². The number of amides is 1. The second kappa shape index (κ2) is 5.88. The molecule has 5 heteroatoms. The van der Waals surface area contributed by atoms with Gasteiger partial charge in [-0.3, -0.25) is 4.79 Å². The Hall–Kier alpha value is -1.88. The van der Waals surface area contributed by atoms with Crippen LogP contribution in [0.3, 0.4) is 0 Å². The standard InChI is InChI=1S/C19H27N3O2/c1-14-20-15-7-5-6-8-16(15)22(14)11-9-17(23)21-12-10-19(4,24)18(2,3)13-21/h5-8,24H,9-13H2,1-4H3/t19-/m0/s1. The van der Waals surface area contributed by atoms with Crippen LogP contribution < -0.4 is 0 Å². The Morgan fingerprint density at radius 3 is 2.71 bits per heavy atom. The summed E-state index contributed by atoms with van der Waals surface area (Å²) in [6.07, 6.45) is 1.08. The molecule has 3 rings (SSSR count). The monoisotopic (exact) mass is 329 g/mol. The van der Waals surface area contributed by atoms with Gasteiger partial charge in [-0.15, -0.1) is 0 Å². The molecule has 1 aliphatic heterocycles. The first-order chi connectivity index (χ1) is 11.2. The van der Waals surface area contributed by atoms with Crippen molar-refractivity contribution in [1.29, 1.82) is 0 Å². The van der Waals surface area contributed by atoms with Crippen LogP contribution in [0, 0.1) is 12.3 Å². The summed E-state index contributed by atoms with van der Waals surface area (Å²) in [4.78, 5) is 19.1. The first-order valence-corrected chi connectivity index (χ1v) is 8.63. The molecule has 1 aromatic heterocycles. The highest BCUT2D eigenvalue weighted by atomic mass is 16.3. The molecule has 0 spiro atoms. The molecule has 1 atom stereocenters. The highest BCUT2D eigenvalue weighted by molar-refractivity contribution is 5.78. The number of aromatic nitrogens is 2. The number of hydrogen-bond donors (Lipinski definition) is 1. The zero-order chi connectivity index (χ0) is 17.5. The maximum absolute atomic E-state index is 12.7. The molecule has 1 aliphatic rings. The van der Waals surface area contributed by atoms with Gasteiger partial charge < -0.3 is 14.6 Å². The number of piperidine rings is 1. The number of nitrogens with zero attached hydrogens (tertiary/aromatic N) is 3. The number of imidazole rings is 1. The van der Waals surface area contributed by atoms with Gasteiger partial charge >= 0.3 is 0 Å². The molecule has 0 bridgehead atoms. The number of rotatable bonds is 3. The topological polar surface area (TPSA) is 58.4 Å². The Labute approximate surface area is 143 Å². The summed E-state index contributed by atoms with van der Waals surface area (Å²) < 4.78 is 2.11. The largest absolute Gasteiger partial charge is 0.389 e. The first kappa shape index (κ1) is 17.0. The van der Waals surface area contributed by atoms with Crippen LogP contribution in [0.2, 0.25) is 0 Å². The fraction of sp³-hybridized carbons (Fsp3) is 0.579. The molecule has 24 heavy (non-hydrogen) atoms. The maximum Gasteiger partial charge on any atom is 0.224 e. The molecule has 1 fully saturated rings. The van der Waals surface area contributed by atoms with E-state index in [1.54, 1.807) is 0 Å². The number of para-hydroxylation sites is 2. The minimum Gasteiger partial charge on any atom is -0.389 e. The van der Waals surface area contributed by atoms with Crippen molar-refractivity contribution in [3.05, 3.63) is 30.1 Å². The normalized spacial score (nSPS) is 23.6. The summed E-state index contributed by atoms with van der Waals surface area (Å²) in [7, 11) is 0. The van der Waals surface area contributed by atoms with E-state index in [-0.39, 0.29) is 11.3 Å². The van der Waals surface area contributed by atoms with Gasteiger partial charge in [0.2, 0.25) is 5.91 Å². The van der Waals surface area contributed by atoms with E-state index in [4.69, 9.17) is 0 Å². The molecule has 2 heterocycles. The van der Waals surface area contributed by atoms with Crippen LogP contribution in [0.25, 0.3) is 11.0 Å².